The van der Waals surface area contributed by atoms with Gasteiger partial charge < -0.3 is 15.4 Å². The number of halogens is 1. The lowest BCUT2D eigenvalue weighted by molar-refractivity contribution is 0.250. The largest absolute Gasteiger partial charge is 0.492 e. The highest BCUT2D eigenvalue weighted by atomic mass is 79.9. The Morgan fingerprint density at radius 3 is 2.62 bits per heavy atom. The van der Waals surface area contributed by atoms with E-state index in [1.807, 2.05) is 25.1 Å². The molecule has 1 aromatic carbocycles. The Morgan fingerprint density at radius 1 is 1.23 bits per heavy atom. The minimum absolute atomic E-state index is 0.102. The Kier molecular flexibility index (Phi) is 7.03. The summed E-state index contributed by atoms with van der Waals surface area (Å²) in [6.45, 7) is 9.50. The number of nitrogens with zero attached hydrogens (tertiary/aromatic N) is 1. The van der Waals surface area contributed by atoms with E-state index in [1.54, 1.807) is 6.20 Å². The van der Waals surface area contributed by atoms with E-state index in [0.717, 1.165) is 15.9 Å². The van der Waals surface area contributed by atoms with E-state index >= 15 is 0 Å². The molecule has 140 valence electrons. The smallest absolute Gasteiger partial charge is 0.319 e. The summed E-state index contributed by atoms with van der Waals surface area (Å²) in [5, 5.41) is 5.55. The molecule has 0 saturated carbocycles. The van der Waals surface area contributed by atoms with E-state index in [1.165, 1.54) is 5.56 Å². The third-order valence-electron chi connectivity index (χ3n) is 3.83. The number of carbonyl (C=O) groups excluding carboxylic acids is 1. The van der Waals surface area contributed by atoms with E-state index in [-0.39, 0.29) is 11.4 Å². The van der Waals surface area contributed by atoms with Crippen LogP contribution < -0.4 is 15.4 Å². The van der Waals surface area contributed by atoms with Crippen molar-refractivity contribution in [1.82, 2.24) is 10.3 Å². The van der Waals surface area contributed by atoms with Crippen LogP contribution in [0.25, 0.3) is 0 Å². The third-order valence-corrected chi connectivity index (χ3v) is 4.45. The Hall–Kier alpha value is -2.08. The highest BCUT2D eigenvalue weighted by Gasteiger charge is 2.15. The lowest BCUT2D eigenvalue weighted by Gasteiger charge is -2.20. The summed E-state index contributed by atoms with van der Waals surface area (Å²) in [7, 11) is 0. The van der Waals surface area contributed by atoms with Gasteiger partial charge in [-0.15, -0.1) is 0 Å². The quantitative estimate of drug-likeness (QED) is 0.644. The Balaban J connectivity index is 1.70. The summed E-state index contributed by atoms with van der Waals surface area (Å²) in [6, 6.07) is 9.59. The van der Waals surface area contributed by atoms with Crippen molar-refractivity contribution >= 4 is 27.6 Å². The van der Waals surface area contributed by atoms with Gasteiger partial charge in [-0.25, -0.2) is 4.79 Å². The van der Waals surface area contributed by atoms with Crippen LogP contribution in [0.15, 0.2) is 41.0 Å². The summed E-state index contributed by atoms with van der Waals surface area (Å²) in [5.41, 5.74) is 2.94. The number of amides is 2. The Bertz CT molecular complexity index is 740. The molecule has 0 saturated heterocycles. The monoisotopic (exact) mass is 419 g/mol. The van der Waals surface area contributed by atoms with Gasteiger partial charge in [0.25, 0.3) is 0 Å². The van der Waals surface area contributed by atoms with Crippen molar-refractivity contribution in [3.8, 4) is 5.75 Å². The highest BCUT2D eigenvalue weighted by molar-refractivity contribution is 9.10. The van der Waals surface area contributed by atoms with Gasteiger partial charge in [-0.05, 0) is 64.5 Å². The van der Waals surface area contributed by atoms with Crippen LogP contribution in [0, 0.1) is 6.92 Å². The van der Waals surface area contributed by atoms with Gasteiger partial charge in [0.15, 0.2) is 0 Å². The number of carbonyl (C=O) groups is 1. The van der Waals surface area contributed by atoms with Gasteiger partial charge in [0.05, 0.1) is 23.0 Å². The fourth-order valence-electron chi connectivity index (χ4n) is 2.26. The van der Waals surface area contributed by atoms with E-state index in [0.29, 0.717) is 25.3 Å². The van der Waals surface area contributed by atoms with Crippen molar-refractivity contribution in [1.29, 1.82) is 0 Å². The molecule has 6 heteroatoms. The number of rotatable bonds is 6. The van der Waals surface area contributed by atoms with Gasteiger partial charge in [-0.2, -0.15) is 0 Å². The minimum atomic E-state index is -0.244. The second-order valence-corrected chi connectivity index (χ2v) is 8.02. The van der Waals surface area contributed by atoms with Crippen molar-refractivity contribution in [2.24, 2.45) is 0 Å². The number of benzene rings is 1. The Labute approximate surface area is 163 Å². The van der Waals surface area contributed by atoms with Crippen molar-refractivity contribution in [2.75, 3.05) is 18.5 Å². The number of hydrogen-bond donors (Lipinski definition) is 2. The standard InChI is InChI=1S/C20H26BrN3O2/c1-14-6-8-16(13-23-14)24-19(25)22-10-5-11-26-18-9-7-15(12-17(18)21)20(2,3)4/h6-9,12-13H,5,10-11H2,1-4H3,(H2,22,24,25). The normalized spacial score (nSPS) is 11.1. The summed E-state index contributed by atoms with van der Waals surface area (Å²) >= 11 is 3.56. The maximum Gasteiger partial charge on any atom is 0.319 e. The van der Waals surface area contributed by atoms with Crippen LogP contribution in [0.5, 0.6) is 5.75 Å². The number of aromatic nitrogens is 1. The molecule has 0 spiro atoms. The molecule has 26 heavy (non-hydrogen) atoms. The van der Waals surface area contributed by atoms with Crippen molar-refractivity contribution < 1.29 is 9.53 Å². The van der Waals surface area contributed by atoms with Crippen LogP contribution >= 0.6 is 15.9 Å². The van der Waals surface area contributed by atoms with Crippen LogP contribution in [-0.4, -0.2) is 24.2 Å². The molecule has 5 nitrogen and oxygen atoms in total. The van der Waals surface area contributed by atoms with Gasteiger partial charge in [0.1, 0.15) is 5.75 Å². The molecule has 0 aliphatic carbocycles. The van der Waals surface area contributed by atoms with Crippen molar-refractivity contribution in [2.45, 2.75) is 39.5 Å². The topological polar surface area (TPSA) is 63.2 Å². The lowest BCUT2D eigenvalue weighted by atomic mass is 9.87. The average molecular weight is 420 g/mol. The second-order valence-electron chi connectivity index (χ2n) is 7.17. The molecule has 2 rings (SSSR count). The van der Waals surface area contributed by atoms with Crippen molar-refractivity contribution in [3.05, 3.63) is 52.3 Å². The first kappa shape index (κ1) is 20.2. The maximum absolute atomic E-state index is 11.8. The van der Waals surface area contributed by atoms with Crippen LogP contribution in [0.2, 0.25) is 0 Å². The zero-order valence-electron chi connectivity index (χ0n) is 15.7. The van der Waals surface area contributed by atoms with E-state index in [9.17, 15) is 4.79 Å². The number of pyridine rings is 1. The molecule has 0 radical (unpaired) electrons. The first-order valence-corrected chi connectivity index (χ1v) is 9.45. The molecule has 0 fully saturated rings. The molecular weight excluding hydrogens is 394 g/mol. The zero-order chi connectivity index (χ0) is 19.2. The molecule has 1 heterocycles. The van der Waals surface area contributed by atoms with E-state index < -0.39 is 0 Å². The van der Waals surface area contributed by atoms with Crippen LogP contribution in [0.3, 0.4) is 0 Å². The van der Waals surface area contributed by atoms with Gasteiger partial charge in [0.2, 0.25) is 0 Å². The summed E-state index contributed by atoms with van der Waals surface area (Å²) < 4.78 is 6.74. The molecule has 0 aliphatic heterocycles. The molecule has 0 unspecified atom stereocenters. The number of aryl methyl sites for hydroxylation is 1. The number of hydrogen-bond acceptors (Lipinski definition) is 3. The lowest BCUT2D eigenvalue weighted by Crippen LogP contribution is -2.30. The summed E-state index contributed by atoms with van der Waals surface area (Å²) in [4.78, 5) is 16.0. The molecule has 0 bridgehead atoms. The third kappa shape index (κ3) is 6.33. The molecule has 1 aromatic heterocycles. The van der Waals surface area contributed by atoms with E-state index in [4.69, 9.17) is 4.74 Å². The van der Waals surface area contributed by atoms with Gasteiger partial charge in [-0.1, -0.05) is 26.8 Å². The molecular formula is C20H26BrN3O2. The fourth-order valence-corrected chi connectivity index (χ4v) is 2.75. The van der Waals surface area contributed by atoms with E-state index in [2.05, 4.69) is 64.5 Å². The molecule has 2 amide bonds. The fraction of sp³-hybridized carbons (Fsp3) is 0.400. The van der Waals surface area contributed by atoms with Crippen molar-refractivity contribution in [3.63, 3.8) is 0 Å². The maximum atomic E-state index is 11.8. The van der Waals surface area contributed by atoms with Crippen LogP contribution in [-0.2, 0) is 5.41 Å². The number of anilines is 1. The second kappa shape index (κ2) is 9.03. The SMILES string of the molecule is Cc1ccc(NC(=O)NCCCOc2ccc(C(C)(C)C)cc2Br)cn1. The van der Waals surface area contributed by atoms with Gasteiger partial charge >= 0.3 is 6.03 Å². The summed E-state index contributed by atoms with van der Waals surface area (Å²) in [6.07, 6.45) is 2.35. The molecule has 0 atom stereocenters. The average Bonchev–Trinajstić information content (AvgIpc) is 2.57. The molecule has 0 aliphatic rings. The Morgan fingerprint density at radius 2 is 2.00 bits per heavy atom. The first-order valence-electron chi connectivity index (χ1n) is 8.66. The van der Waals surface area contributed by atoms with Crippen LogP contribution in [0.1, 0.15) is 38.4 Å². The molecule has 2 N–H and O–H groups in total. The minimum Gasteiger partial charge on any atom is -0.492 e. The van der Waals surface area contributed by atoms with Crippen LogP contribution in [0.4, 0.5) is 10.5 Å². The number of urea groups is 1. The first-order chi connectivity index (χ1) is 12.3. The molecule has 2 aromatic rings. The van der Waals surface area contributed by atoms with Gasteiger partial charge in [-0.3, -0.25) is 4.98 Å². The predicted octanol–water partition coefficient (Wildman–Crippen LogP) is 5.04. The zero-order valence-corrected chi connectivity index (χ0v) is 17.3. The predicted molar refractivity (Wildman–Crippen MR) is 109 cm³/mol. The van der Waals surface area contributed by atoms with Gasteiger partial charge in [0, 0.05) is 12.2 Å². The highest BCUT2D eigenvalue weighted by Crippen LogP contribution is 2.31. The number of ether oxygens (including phenoxy) is 1. The number of nitrogens with one attached hydrogen (secondary N) is 2. The summed E-state index contributed by atoms with van der Waals surface area (Å²) in [5.74, 6) is 0.813.